The van der Waals surface area contributed by atoms with Crippen LogP contribution in [0.3, 0.4) is 0 Å². The molecule has 2 rings (SSSR count). The van der Waals surface area contributed by atoms with Gasteiger partial charge in [-0.25, -0.2) is 0 Å². The van der Waals surface area contributed by atoms with Gasteiger partial charge in [-0.15, -0.1) is 11.3 Å². The fourth-order valence-electron chi connectivity index (χ4n) is 2.07. The standard InChI is InChI=1S/C13H20N2O2S/c1-11-8-15(5-6-17-11)10-13(16)14(2)9-12-4-3-7-18-12/h3-4,7,11H,5-6,8-10H2,1-2H3. The summed E-state index contributed by atoms with van der Waals surface area (Å²) in [5.41, 5.74) is 0. The van der Waals surface area contributed by atoms with Crippen molar-refractivity contribution >= 4 is 17.2 Å². The lowest BCUT2D eigenvalue weighted by molar-refractivity contribution is -0.133. The van der Waals surface area contributed by atoms with Crippen LogP contribution in [0.4, 0.5) is 0 Å². The van der Waals surface area contributed by atoms with Crippen LogP contribution < -0.4 is 0 Å². The van der Waals surface area contributed by atoms with E-state index in [2.05, 4.69) is 11.0 Å². The normalized spacial score (nSPS) is 20.9. The van der Waals surface area contributed by atoms with E-state index in [1.54, 1.807) is 16.2 Å². The molecule has 1 aliphatic heterocycles. The summed E-state index contributed by atoms with van der Waals surface area (Å²) >= 11 is 1.69. The molecule has 1 atom stereocenters. The Morgan fingerprint density at radius 1 is 1.67 bits per heavy atom. The summed E-state index contributed by atoms with van der Waals surface area (Å²) < 4.78 is 5.47. The second-order valence-electron chi connectivity index (χ2n) is 4.75. The Hall–Kier alpha value is -0.910. The number of ether oxygens (including phenoxy) is 1. The summed E-state index contributed by atoms with van der Waals surface area (Å²) in [4.78, 5) is 17.3. The van der Waals surface area contributed by atoms with Crippen molar-refractivity contribution in [3.8, 4) is 0 Å². The fourth-order valence-corrected chi connectivity index (χ4v) is 2.83. The molecular formula is C13H20N2O2S. The van der Waals surface area contributed by atoms with E-state index in [-0.39, 0.29) is 12.0 Å². The highest BCUT2D eigenvalue weighted by Gasteiger charge is 2.20. The van der Waals surface area contributed by atoms with Crippen LogP contribution >= 0.6 is 11.3 Å². The van der Waals surface area contributed by atoms with Gasteiger partial charge >= 0.3 is 0 Å². The average Bonchev–Trinajstić information content (AvgIpc) is 2.81. The Labute approximate surface area is 112 Å². The zero-order valence-corrected chi connectivity index (χ0v) is 11.8. The molecule has 0 spiro atoms. The van der Waals surface area contributed by atoms with Crippen molar-refractivity contribution in [3.63, 3.8) is 0 Å². The van der Waals surface area contributed by atoms with Crippen LogP contribution in [0, 0.1) is 0 Å². The first-order valence-electron chi connectivity index (χ1n) is 6.25. The van der Waals surface area contributed by atoms with Crippen molar-refractivity contribution in [2.75, 3.05) is 33.3 Å². The van der Waals surface area contributed by atoms with Crippen LogP contribution in [-0.4, -0.2) is 55.1 Å². The first kappa shape index (κ1) is 13.5. The van der Waals surface area contributed by atoms with Crippen molar-refractivity contribution in [1.29, 1.82) is 0 Å². The van der Waals surface area contributed by atoms with Crippen LogP contribution in [0.5, 0.6) is 0 Å². The van der Waals surface area contributed by atoms with Gasteiger partial charge < -0.3 is 9.64 Å². The Morgan fingerprint density at radius 2 is 2.50 bits per heavy atom. The lowest BCUT2D eigenvalue weighted by atomic mass is 10.3. The monoisotopic (exact) mass is 268 g/mol. The summed E-state index contributed by atoms with van der Waals surface area (Å²) in [6, 6.07) is 4.08. The summed E-state index contributed by atoms with van der Waals surface area (Å²) in [6.45, 7) is 5.67. The summed E-state index contributed by atoms with van der Waals surface area (Å²) in [5.74, 6) is 0.178. The summed E-state index contributed by atoms with van der Waals surface area (Å²) in [7, 11) is 1.87. The molecule has 0 aliphatic carbocycles. The molecule has 0 saturated carbocycles. The number of thiophene rings is 1. The number of carbonyl (C=O) groups excluding carboxylic acids is 1. The van der Waals surface area contributed by atoms with Crippen molar-refractivity contribution < 1.29 is 9.53 Å². The van der Waals surface area contributed by atoms with E-state index in [4.69, 9.17) is 4.74 Å². The Bertz CT molecular complexity index is 380. The molecule has 1 unspecified atom stereocenters. The predicted octanol–water partition coefficient (Wildman–Crippen LogP) is 1.43. The largest absolute Gasteiger partial charge is 0.376 e. The Kier molecular flexibility index (Phi) is 4.74. The SMILES string of the molecule is CC1CN(CC(=O)N(C)Cc2cccs2)CCO1. The topological polar surface area (TPSA) is 32.8 Å². The number of hydrogen-bond donors (Lipinski definition) is 0. The maximum absolute atomic E-state index is 12.1. The minimum absolute atomic E-state index is 0.178. The Balaban J connectivity index is 1.79. The molecule has 5 heteroatoms. The van der Waals surface area contributed by atoms with Crippen LogP contribution in [0.15, 0.2) is 17.5 Å². The molecule has 1 saturated heterocycles. The number of morpholine rings is 1. The van der Waals surface area contributed by atoms with Crippen LogP contribution in [-0.2, 0) is 16.1 Å². The Morgan fingerprint density at radius 3 is 3.17 bits per heavy atom. The summed E-state index contributed by atoms with van der Waals surface area (Å²) in [6.07, 6.45) is 0.231. The number of likely N-dealkylation sites (N-methyl/N-ethyl adjacent to an activating group) is 1. The van der Waals surface area contributed by atoms with Gasteiger partial charge in [0.2, 0.25) is 5.91 Å². The van der Waals surface area contributed by atoms with Crippen molar-refractivity contribution in [2.45, 2.75) is 19.6 Å². The molecule has 1 amide bonds. The highest BCUT2D eigenvalue weighted by Crippen LogP contribution is 2.11. The van der Waals surface area contributed by atoms with Gasteiger partial charge in [0.1, 0.15) is 0 Å². The van der Waals surface area contributed by atoms with Gasteiger partial charge in [0.15, 0.2) is 0 Å². The quantitative estimate of drug-likeness (QED) is 0.828. The van der Waals surface area contributed by atoms with E-state index in [1.807, 2.05) is 25.4 Å². The van der Waals surface area contributed by atoms with Crippen molar-refractivity contribution in [2.24, 2.45) is 0 Å². The molecule has 1 aliphatic rings. The molecule has 2 heterocycles. The number of amides is 1. The minimum Gasteiger partial charge on any atom is -0.376 e. The second-order valence-corrected chi connectivity index (χ2v) is 5.78. The molecule has 4 nitrogen and oxygen atoms in total. The molecule has 0 aromatic carbocycles. The maximum atomic E-state index is 12.1. The third-order valence-electron chi connectivity index (χ3n) is 3.08. The van der Waals surface area contributed by atoms with Gasteiger partial charge in [-0.3, -0.25) is 9.69 Å². The van der Waals surface area contributed by atoms with Gasteiger partial charge in [0.05, 0.1) is 25.8 Å². The van der Waals surface area contributed by atoms with Crippen LogP contribution in [0.25, 0.3) is 0 Å². The zero-order valence-electron chi connectivity index (χ0n) is 11.0. The molecule has 18 heavy (non-hydrogen) atoms. The molecule has 100 valence electrons. The van der Waals surface area contributed by atoms with Gasteiger partial charge in [-0.2, -0.15) is 0 Å². The van der Waals surface area contributed by atoms with Crippen molar-refractivity contribution in [1.82, 2.24) is 9.80 Å². The highest BCUT2D eigenvalue weighted by molar-refractivity contribution is 7.09. The third kappa shape index (κ3) is 3.80. The highest BCUT2D eigenvalue weighted by atomic mass is 32.1. The lowest BCUT2D eigenvalue weighted by Crippen LogP contribution is -2.46. The lowest BCUT2D eigenvalue weighted by Gasteiger charge is -2.31. The number of hydrogen-bond acceptors (Lipinski definition) is 4. The van der Waals surface area contributed by atoms with E-state index in [0.717, 1.165) is 19.7 Å². The van der Waals surface area contributed by atoms with E-state index >= 15 is 0 Å². The number of carbonyl (C=O) groups is 1. The molecule has 0 bridgehead atoms. The van der Waals surface area contributed by atoms with E-state index < -0.39 is 0 Å². The van der Waals surface area contributed by atoms with Gasteiger partial charge in [0, 0.05) is 25.0 Å². The molecule has 0 radical (unpaired) electrons. The van der Waals surface area contributed by atoms with Gasteiger partial charge in [-0.1, -0.05) is 6.07 Å². The van der Waals surface area contributed by atoms with Crippen LogP contribution in [0.2, 0.25) is 0 Å². The third-order valence-corrected chi connectivity index (χ3v) is 3.94. The fraction of sp³-hybridized carbons (Fsp3) is 0.615. The minimum atomic E-state index is 0.178. The number of rotatable bonds is 4. The van der Waals surface area contributed by atoms with Crippen LogP contribution in [0.1, 0.15) is 11.8 Å². The smallest absolute Gasteiger partial charge is 0.236 e. The van der Waals surface area contributed by atoms with Crippen molar-refractivity contribution in [3.05, 3.63) is 22.4 Å². The maximum Gasteiger partial charge on any atom is 0.236 e. The number of nitrogens with zero attached hydrogens (tertiary/aromatic N) is 2. The second kappa shape index (κ2) is 6.31. The van der Waals surface area contributed by atoms with E-state index in [1.165, 1.54) is 4.88 Å². The molecular weight excluding hydrogens is 248 g/mol. The predicted molar refractivity (Wildman–Crippen MR) is 72.6 cm³/mol. The summed E-state index contributed by atoms with van der Waals surface area (Å²) in [5, 5.41) is 2.04. The molecule has 1 fully saturated rings. The molecule has 0 N–H and O–H groups in total. The first-order chi connectivity index (χ1) is 8.65. The van der Waals surface area contributed by atoms with Gasteiger partial charge in [-0.05, 0) is 18.4 Å². The van der Waals surface area contributed by atoms with Gasteiger partial charge in [0.25, 0.3) is 0 Å². The van der Waals surface area contributed by atoms with E-state index in [0.29, 0.717) is 13.1 Å². The molecule has 1 aromatic heterocycles. The average molecular weight is 268 g/mol. The zero-order chi connectivity index (χ0) is 13.0. The molecule has 1 aromatic rings. The van der Waals surface area contributed by atoms with E-state index in [9.17, 15) is 4.79 Å². The first-order valence-corrected chi connectivity index (χ1v) is 7.13.